The van der Waals surface area contributed by atoms with Crippen LogP contribution in [-0.2, 0) is 5.88 Å². The van der Waals surface area contributed by atoms with Crippen molar-refractivity contribution in [1.82, 2.24) is 14.5 Å². The third-order valence-corrected chi connectivity index (χ3v) is 4.17. The van der Waals surface area contributed by atoms with Gasteiger partial charge in [-0.3, -0.25) is 4.57 Å². The van der Waals surface area contributed by atoms with Crippen LogP contribution in [0, 0.1) is 13.8 Å². The molecule has 0 aliphatic heterocycles. The Kier molecular flexibility index (Phi) is 3.52. The van der Waals surface area contributed by atoms with Crippen LogP contribution in [0.5, 0.6) is 0 Å². The molecule has 102 valence electrons. The maximum Gasteiger partial charge on any atom is 0.142 e. The monoisotopic (exact) mass is 349 g/mol. The first-order valence-corrected chi connectivity index (χ1v) is 7.58. The smallest absolute Gasteiger partial charge is 0.142 e. The Labute approximate surface area is 130 Å². The molecule has 0 bridgehead atoms. The van der Waals surface area contributed by atoms with Crippen molar-refractivity contribution in [3.05, 3.63) is 51.9 Å². The summed E-state index contributed by atoms with van der Waals surface area (Å²) < 4.78 is 2.92. The van der Waals surface area contributed by atoms with Crippen LogP contribution in [0.15, 0.2) is 35.2 Å². The Morgan fingerprint density at radius 2 is 1.90 bits per heavy atom. The fourth-order valence-corrected chi connectivity index (χ4v) is 2.80. The second-order valence-corrected chi connectivity index (χ2v) is 5.99. The predicted octanol–water partition coefficient (Wildman–Crippen LogP) is 4.54. The Bertz CT molecular complexity index is 795. The number of rotatable bonds is 2. The molecule has 0 saturated carbocycles. The van der Waals surface area contributed by atoms with Gasteiger partial charge in [0.2, 0.25) is 0 Å². The number of halogens is 2. The average molecular weight is 351 g/mol. The molecular formula is C15H13BrClN3. The van der Waals surface area contributed by atoms with E-state index in [0.717, 1.165) is 26.9 Å². The van der Waals surface area contributed by atoms with E-state index in [1.807, 2.05) is 10.6 Å². The number of nitrogens with zero attached hydrogens (tertiary/aromatic N) is 3. The molecule has 2 heterocycles. The fraction of sp³-hybridized carbons (Fsp3) is 0.200. The second kappa shape index (κ2) is 5.19. The molecule has 0 spiro atoms. The van der Waals surface area contributed by atoms with Crippen LogP contribution in [0.2, 0.25) is 0 Å². The number of hydrogen-bond donors (Lipinski definition) is 0. The summed E-state index contributed by atoms with van der Waals surface area (Å²) in [6.45, 7) is 4.19. The van der Waals surface area contributed by atoms with Gasteiger partial charge >= 0.3 is 0 Å². The first-order chi connectivity index (χ1) is 9.60. The lowest BCUT2D eigenvalue weighted by atomic mass is 10.1. The van der Waals surface area contributed by atoms with E-state index in [2.05, 4.69) is 51.9 Å². The maximum absolute atomic E-state index is 6.03. The van der Waals surface area contributed by atoms with E-state index >= 15 is 0 Å². The number of pyridine rings is 1. The highest BCUT2D eigenvalue weighted by Crippen LogP contribution is 2.25. The van der Waals surface area contributed by atoms with Crippen LogP contribution in [0.1, 0.15) is 16.7 Å². The van der Waals surface area contributed by atoms with E-state index in [4.69, 9.17) is 11.6 Å². The van der Waals surface area contributed by atoms with Crippen molar-refractivity contribution in [3.63, 3.8) is 0 Å². The molecule has 0 aliphatic carbocycles. The van der Waals surface area contributed by atoms with E-state index in [9.17, 15) is 0 Å². The number of hydrogen-bond acceptors (Lipinski definition) is 2. The minimum absolute atomic E-state index is 0.409. The van der Waals surface area contributed by atoms with Crippen molar-refractivity contribution >= 4 is 38.6 Å². The molecule has 20 heavy (non-hydrogen) atoms. The molecule has 1 aromatic carbocycles. The number of fused-ring (bicyclic) bond motifs is 1. The average Bonchev–Trinajstić information content (AvgIpc) is 2.82. The van der Waals surface area contributed by atoms with Gasteiger partial charge in [-0.25, -0.2) is 9.97 Å². The zero-order chi connectivity index (χ0) is 14.3. The summed E-state index contributed by atoms with van der Waals surface area (Å²) in [5.41, 5.74) is 5.47. The third kappa shape index (κ3) is 2.23. The number of benzene rings is 1. The Morgan fingerprint density at radius 1 is 1.15 bits per heavy atom. The summed E-state index contributed by atoms with van der Waals surface area (Å²) in [4.78, 5) is 8.95. The van der Waals surface area contributed by atoms with Gasteiger partial charge in [-0.05, 0) is 59.1 Å². The molecule has 0 radical (unpaired) electrons. The van der Waals surface area contributed by atoms with Gasteiger partial charge in [0, 0.05) is 16.2 Å². The van der Waals surface area contributed by atoms with Gasteiger partial charge < -0.3 is 0 Å². The highest BCUT2D eigenvalue weighted by Gasteiger charge is 2.11. The minimum atomic E-state index is 0.409. The Hall–Kier alpha value is -1.39. The standard InChI is InChI=1S/C15H13BrClN3/c1-9-3-13-14(4-10(9)2)20(8-19-13)15-11(6-17)5-12(16)7-18-15/h3-5,7-8H,6H2,1-2H3. The molecule has 0 unspecified atom stereocenters. The molecule has 2 aromatic heterocycles. The van der Waals surface area contributed by atoms with Gasteiger partial charge in [-0.15, -0.1) is 11.6 Å². The van der Waals surface area contributed by atoms with E-state index < -0.39 is 0 Å². The molecular weight excluding hydrogens is 338 g/mol. The Balaban J connectivity index is 2.27. The van der Waals surface area contributed by atoms with Gasteiger partial charge in [0.15, 0.2) is 0 Å². The van der Waals surface area contributed by atoms with E-state index in [-0.39, 0.29) is 0 Å². The molecule has 0 fully saturated rings. The van der Waals surface area contributed by atoms with Crippen LogP contribution in [0.3, 0.4) is 0 Å². The summed E-state index contributed by atoms with van der Waals surface area (Å²) in [5, 5.41) is 0. The van der Waals surface area contributed by atoms with Crippen molar-refractivity contribution in [2.45, 2.75) is 19.7 Å². The molecule has 0 saturated heterocycles. The van der Waals surface area contributed by atoms with Crippen molar-refractivity contribution in [1.29, 1.82) is 0 Å². The van der Waals surface area contributed by atoms with Crippen LogP contribution >= 0.6 is 27.5 Å². The van der Waals surface area contributed by atoms with E-state index in [1.165, 1.54) is 11.1 Å². The molecule has 3 aromatic rings. The summed E-state index contributed by atoms with van der Waals surface area (Å²) in [5.74, 6) is 1.24. The second-order valence-electron chi connectivity index (χ2n) is 4.81. The van der Waals surface area contributed by atoms with Gasteiger partial charge in [0.05, 0.1) is 16.9 Å². The predicted molar refractivity (Wildman–Crippen MR) is 85.6 cm³/mol. The molecule has 3 rings (SSSR count). The highest BCUT2D eigenvalue weighted by molar-refractivity contribution is 9.10. The normalized spacial score (nSPS) is 11.2. The SMILES string of the molecule is Cc1cc2ncn(-c3ncc(Br)cc3CCl)c2cc1C. The quantitative estimate of drug-likeness (QED) is 0.635. The minimum Gasteiger partial charge on any atom is -0.283 e. The molecule has 0 aliphatic rings. The van der Waals surface area contributed by atoms with Crippen LogP contribution in [0.25, 0.3) is 16.9 Å². The number of imidazole rings is 1. The molecule has 0 amide bonds. The topological polar surface area (TPSA) is 30.7 Å². The lowest BCUT2D eigenvalue weighted by molar-refractivity contribution is 0.993. The van der Waals surface area contributed by atoms with Crippen LogP contribution < -0.4 is 0 Å². The summed E-state index contributed by atoms with van der Waals surface area (Å²) in [6.07, 6.45) is 3.58. The van der Waals surface area contributed by atoms with Crippen molar-refractivity contribution < 1.29 is 0 Å². The zero-order valence-corrected chi connectivity index (χ0v) is 13.5. The molecule has 0 atom stereocenters. The fourth-order valence-electron chi connectivity index (χ4n) is 2.22. The van der Waals surface area contributed by atoms with Crippen LogP contribution in [-0.4, -0.2) is 14.5 Å². The number of aryl methyl sites for hydroxylation is 2. The van der Waals surface area contributed by atoms with Gasteiger partial charge in [-0.2, -0.15) is 0 Å². The van der Waals surface area contributed by atoms with Crippen LogP contribution in [0.4, 0.5) is 0 Å². The first-order valence-electron chi connectivity index (χ1n) is 6.25. The van der Waals surface area contributed by atoms with Crippen molar-refractivity contribution in [2.24, 2.45) is 0 Å². The summed E-state index contributed by atoms with van der Waals surface area (Å²) in [6, 6.07) is 6.22. The zero-order valence-electron chi connectivity index (χ0n) is 11.2. The van der Waals surface area contributed by atoms with Crippen molar-refractivity contribution in [2.75, 3.05) is 0 Å². The van der Waals surface area contributed by atoms with E-state index in [1.54, 1.807) is 12.5 Å². The highest BCUT2D eigenvalue weighted by atomic mass is 79.9. The lowest BCUT2D eigenvalue weighted by Crippen LogP contribution is -2.01. The van der Waals surface area contributed by atoms with Gasteiger partial charge in [-0.1, -0.05) is 0 Å². The molecule has 0 N–H and O–H groups in total. The summed E-state index contributed by atoms with van der Waals surface area (Å²) >= 11 is 9.46. The third-order valence-electron chi connectivity index (χ3n) is 3.44. The number of alkyl halides is 1. The van der Waals surface area contributed by atoms with Gasteiger partial charge in [0.1, 0.15) is 12.1 Å². The van der Waals surface area contributed by atoms with E-state index in [0.29, 0.717) is 5.88 Å². The lowest BCUT2D eigenvalue weighted by Gasteiger charge is -2.09. The number of aromatic nitrogens is 3. The first kappa shape index (κ1) is 13.6. The van der Waals surface area contributed by atoms with Crippen molar-refractivity contribution in [3.8, 4) is 5.82 Å². The Morgan fingerprint density at radius 3 is 2.65 bits per heavy atom. The summed E-state index contributed by atoms with van der Waals surface area (Å²) in [7, 11) is 0. The molecule has 5 heteroatoms. The molecule has 3 nitrogen and oxygen atoms in total. The maximum atomic E-state index is 6.03. The van der Waals surface area contributed by atoms with Gasteiger partial charge in [0.25, 0.3) is 0 Å². The largest absolute Gasteiger partial charge is 0.283 e.